The summed E-state index contributed by atoms with van der Waals surface area (Å²) in [4.78, 5) is 1.01. The number of anilines is 1. The highest BCUT2D eigenvalue weighted by Crippen LogP contribution is 2.33. The summed E-state index contributed by atoms with van der Waals surface area (Å²) in [7, 11) is 0. The summed E-state index contributed by atoms with van der Waals surface area (Å²) in [6.45, 7) is 4.13. The zero-order valence-electron chi connectivity index (χ0n) is 8.57. The number of nitrogen functional groups attached to an aromatic ring is 1. The van der Waals surface area contributed by atoms with E-state index in [4.69, 9.17) is 17.3 Å². The van der Waals surface area contributed by atoms with Crippen molar-refractivity contribution in [2.24, 2.45) is 0 Å². The smallest absolute Gasteiger partial charge is 0.125 e. The number of hydrogen-bond acceptors (Lipinski definition) is 3. The highest BCUT2D eigenvalue weighted by Gasteiger charge is 2.11. The fourth-order valence-corrected chi connectivity index (χ4v) is 2.35. The van der Waals surface area contributed by atoms with Gasteiger partial charge in [0.2, 0.25) is 0 Å². The summed E-state index contributed by atoms with van der Waals surface area (Å²) < 4.78 is 2.61. The van der Waals surface area contributed by atoms with E-state index in [1.54, 1.807) is 0 Å². The molecule has 0 atom stereocenters. The van der Waals surface area contributed by atoms with Gasteiger partial charge in [-0.25, -0.2) is 0 Å². The highest BCUT2D eigenvalue weighted by atomic mass is 35.5. The molecule has 2 aromatic heterocycles. The number of rotatable bonds is 2. The van der Waals surface area contributed by atoms with Gasteiger partial charge < -0.3 is 5.73 Å². The van der Waals surface area contributed by atoms with Gasteiger partial charge in [-0.15, -0.1) is 11.3 Å². The molecule has 0 bridgehead atoms. The van der Waals surface area contributed by atoms with Crippen LogP contribution in [0.1, 0.15) is 19.9 Å². The maximum atomic E-state index is 5.90. The SMILES string of the molecule is CC(C)n1cc(N)c(-c2ccc(Cl)s2)n1. The number of halogens is 1. The average Bonchev–Trinajstić information content (AvgIpc) is 2.71. The van der Waals surface area contributed by atoms with Gasteiger partial charge in [0.1, 0.15) is 5.69 Å². The summed E-state index contributed by atoms with van der Waals surface area (Å²) in [6.07, 6.45) is 1.85. The molecule has 80 valence electrons. The van der Waals surface area contributed by atoms with E-state index in [2.05, 4.69) is 18.9 Å². The molecule has 0 unspecified atom stereocenters. The van der Waals surface area contributed by atoms with Crippen LogP contribution in [-0.4, -0.2) is 9.78 Å². The first kappa shape index (κ1) is 10.5. The predicted octanol–water partition coefficient (Wildman–Crippen LogP) is 3.43. The Bertz CT molecular complexity index is 473. The third-order valence-corrected chi connectivity index (χ3v) is 3.33. The van der Waals surface area contributed by atoms with E-state index < -0.39 is 0 Å². The van der Waals surface area contributed by atoms with Gasteiger partial charge in [-0.05, 0) is 26.0 Å². The van der Waals surface area contributed by atoms with Crippen LogP contribution < -0.4 is 5.73 Å². The van der Waals surface area contributed by atoms with E-state index in [9.17, 15) is 0 Å². The fraction of sp³-hybridized carbons (Fsp3) is 0.300. The molecule has 0 fully saturated rings. The lowest BCUT2D eigenvalue weighted by molar-refractivity contribution is 0.534. The Morgan fingerprint density at radius 2 is 2.20 bits per heavy atom. The molecule has 15 heavy (non-hydrogen) atoms. The largest absolute Gasteiger partial charge is 0.396 e. The van der Waals surface area contributed by atoms with Gasteiger partial charge in [-0.2, -0.15) is 5.10 Å². The van der Waals surface area contributed by atoms with E-state index in [1.165, 1.54) is 11.3 Å². The molecular weight excluding hydrogens is 230 g/mol. The molecule has 2 aromatic rings. The number of nitrogens with two attached hydrogens (primary N) is 1. The molecule has 0 aliphatic rings. The molecule has 5 heteroatoms. The van der Waals surface area contributed by atoms with Crippen molar-refractivity contribution in [2.75, 3.05) is 5.73 Å². The second kappa shape index (κ2) is 3.87. The van der Waals surface area contributed by atoms with Gasteiger partial charge in [0, 0.05) is 12.2 Å². The Morgan fingerprint density at radius 1 is 1.47 bits per heavy atom. The molecule has 0 amide bonds. The zero-order valence-corrected chi connectivity index (χ0v) is 10.1. The van der Waals surface area contributed by atoms with Crippen LogP contribution in [-0.2, 0) is 0 Å². The van der Waals surface area contributed by atoms with Crippen molar-refractivity contribution in [2.45, 2.75) is 19.9 Å². The zero-order chi connectivity index (χ0) is 11.0. The van der Waals surface area contributed by atoms with Crippen molar-refractivity contribution in [1.82, 2.24) is 9.78 Å². The van der Waals surface area contributed by atoms with Crippen LogP contribution in [0.4, 0.5) is 5.69 Å². The minimum absolute atomic E-state index is 0.316. The van der Waals surface area contributed by atoms with Gasteiger partial charge in [-0.1, -0.05) is 11.6 Å². The predicted molar refractivity (Wildman–Crippen MR) is 65.3 cm³/mol. The molecule has 2 N–H and O–H groups in total. The average molecular weight is 242 g/mol. The number of nitrogens with zero attached hydrogens (tertiary/aromatic N) is 2. The van der Waals surface area contributed by atoms with Crippen molar-refractivity contribution < 1.29 is 0 Å². The molecule has 0 aliphatic heterocycles. The first-order valence-electron chi connectivity index (χ1n) is 4.68. The maximum absolute atomic E-state index is 5.90. The van der Waals surface area contributed by atoms with Crippen molar-refractivity contribution in [3.8, 4) is 10.6 Å². The van der Waals surface area contributed by atoms with Crippen LogP contribution in [0.2, 0.25) is 4.34 Å². The lowest BCUT2D eigenvalue weighted by Crippen LogP contribution is -2.00. The summed E-state index contributed by atoms with van der Waals surface area (Å²) >= 11 is 7.36. The van der Waals surface area contributed by atoms with Crippen LogP contribution in [0.25, 0.3) is 10.6 Å². The highest BCUT2D eigenvalue weighted by molar-refractivity contribution is 7.19. The molecule has 2 heterocycles. The Labute approximate surface area is 97.5 Å². The van der Waals surface area contributed by atoms with Crippen LogP contribution in [0, 0.1) is 0 Å². The van der Waals surface area contributed by atoms with Crippen LogP contribution in [0.15, 0.2) is 18.3 Å². The van der Waals surface area contributed by atoms with Crippen molar-refractivity contribution in [3.63, 3.8) is 0 Å². The van der Waals surface area contributed by atoms with E-state index in [0.29, 0.717) is 11.7 Å². The third-order valence-electron chi connectivity index (χ3n) is 2.10. The second-order valence-corrected chi connectivity index (χ2v) is 5.33. The third kappa shape index (κ3) is 2.01. The number of hydrogen-bond donors (Lipinski definition) is 1. The minimum atomic E-state index is 0.316. The van der Waals surface area contributed by atoms with Gasteiger partial charge in [-0.3, -0.25) is 4.68 Å². The topological polar surface area (TPSA) is 43.8 Å². The van der Waals surface area contributed by atoms with E-state index >= 15 is 0 Å². The van der Waals surface area contributed by atoms with Gasteiger partial charge in [0.15, 0.2) is 0 Å². The van der Waals surface area contributed by atoms with E-state index in [0.717, 1.165) is 14.9 Å². The lowest BCUT2D eigenvalue weighted by Gasteiger charge is -2.02. The van der Waals surface area contributed by atoms with Crippen LogP contribution in [0.5, 0.6) is 0 Å². The standard InChI is InChI=1S/C10H12ClN3S/c1-6(2)14-5-7(12)10(13-14)8-3-4-9(11)15-8/h3-6H,12H2,1-2H3. The summed E-state index contributed by atoms with van der Waals surface area (Å²) in [5, 5.41) is 4.44. The molecule has 0 saturated heterocycles. The number of aromatic nitrogens is 2. The van der Waals surface area contributed by atoms with E-state index in [1.807, 2.05) is 23.0 Å². The van der Waals surface area contributed by atoms with Crippen molar-refractivity contribution in [1.29, 1.82) is 0 Å². The Balaban J connectivity index is 2.44. The normalized spacial score (nSPS) is 11.2. The van der Waals surface area contributed by atoms with Crippen molar-refractivity contribution >= 4 is 28.6 Å². The molecule has 2 rings (SSSR count). The molecular formula is C10H12ClN3S. The van der Waals surface area contributed by atoms with Gasteiger partial charge in [0.05, 0.1) is 14.9 Å². The van der Waals surface area contributed by atoms with Crippen molar-refractivity contribution in [3.05, 3.63) is 22.7 Å². The molecule has 3 nitrogen and oxygen atoms in total. The van der Waals surface area contributed by atoms with Gasteiger partial charge in [0.25, 0.3) is 0 Å². The number of thiophene rings is 1. The molecule has 0 aromatic carbocycles. The Hall–Kier alpha value is -1.00. The summed E-state index contributed by atoms with van der Waals surface area (Å²) in [6, 6.07) is 4.11. The molecule has 0 spiro atoms. The van der Waals surface area contributed by atoms with Gasteiger partial charge >= 0.3 is 0 Å². The fourth-order valence-electron chi connectivity index (χ4n) is 1.30. The second-order valence-electron chi connectivity index (χ2n) is 3.61. The van der Waals surface area contributed by atoms with Crippen LogP contribution >= 0.6 is 22.9 Å². The maximum Gasteiger partial charge on any atom is 0.125 e. The minimum Gasteiger partial charge on any atom is -0.396 e. The Kier molecular flexibility index (Phi) is 2.71. The monoisotopic (exact) mass is 241 g/mol. The summed E-state index contributed by atoms with van der Waals surface area (Å²) in [5.41, 5.74) is 7.42. The quantitative estimate of drug-likeness (QED) is 0.876. The molecule has 0 radical (unpaired) electrons. The lowest BCUT2D eigenvalue weighted by atomic mass is 10.3. The van der Waals surface area contributed by atoms with Crippen LogP contribution in [0.3, 0.4) is 0 Å². The Morgan fingerprint density at radius 3 is 2.67 bits per heavy atom. The molecule has 0 saturated carbocycles. The first-order valence-corrected chi connectivity index (χ1v) is 5.87. The molecule has 0 aliphatic carbocycles. The first-order chi connectivity index (χ1) is 7.08. The van der Waals surface area contributed by atoms with E-state index in [-0.39, 0.29) is 0 Å². The summed E-state index contributed by atoms with van der Waals surface area (Å²) in [5.74, 6) is 0.